The third-order valence-corrected chi connectivity index (χ3v) is 2.57. The van der Waals surface area contributed by atoms with Crippen LogP contribution in [-0.4, -0.2) is 35.1 Å². The van der Waals surface area contributed by atoms with Gasteiger partial charge in [0.15, 0.2) is 0 Å². The normalized spacial score (nSPS) is 14.9. The van der Waals surface area contributed by atoms with Crippen molar-refractivity contribution in [3.8, 4) is 18.0 Å². The van der Waals surface area contributed by atoms with Crippen molar-refractivity contribution >= 4 is 5.97 Å². The molecule has 7 heteroatoms. The first kappa shape index (κ1) is 11.6. The van der Waals surface area contributed by atoms with Gasteiger partial charge in [0.2, 0.25) is 0 Å². The van der Waals surface area contributed by atoms with Gasteiger partial charge in [-0.25, -0.2) is 0 Å². The van der Waals surface area contributed by atoms with Gasteiger partial charge in [-0.05, 0) is 12.8 Å². The molecular weight excluding hydrogens is 226 g/mol. The van der Waals surface area contributed by atoms with Crippen molar-refractivity contribution in [3.63, 3.8) is 0 Å². The van der Waals surface area contributed by atoms with E-state index >= 15 is 0 Å². The van der Waals surface area contributed by atoms with Gasteiger partial charge in [-0.15, -0.1) is 15.0 Å². The van der Waals surface area contributed by atoms with E-state index < -0.39 is 0 Å². The molecule has 0 spiro atoms. The number of carbonyl (C=O) groups excluding carboxylic acids is 1. The Balaban J connectivity index is 2.10. The predicted molar refractivity (Wildman–Crippen MR) is 55.9 cm³/mol. The molecular formula is C10H13N3O4. The number of esters is 1. The first-order valence-corrected chi connectivity index (χ1v) is 5.28. The summed E-state index contributed by atoms with van der Waals surface area (Å²) in [4.78, 5) is 23.0. The van der Waals surface area contributed by atoms with Crippen molar-refractivity contribution in [2.75, 3.05) is 14.2 Å². The topological polar surface area (TPSA) is 83.4 Å². The summed E-state index contributed by atoms with van der Waals surface area (Å²) in [6, 6.07) is 0.00659. The fraction of sp³-hybridized carbons (Fsp3) is 0.600. The molecule has 1 saturated carbocycles. The summed E-state index contributed by atoms with van der Waals surface area (Å²) in [5.74, 6) is -0.352. The van der Waals surface area contributed by atoms with E-state index in [1.807, 2.05) is 0 Å². The van der Waals surface area contributed by atoms with Gasteiger partial charge in [0, 0.05) is 0 Å². The lowest BCUT2D eigenvalue weighted by atomic mass is 9.86. The molecule has 0 amide bonds. The van der Waals surface area contributed by atoms with Crippen LogP contribution in [0.25, 0.3) is 0 Å². The Hall–Kier alpha value is -1.92. The summed E-state index contributed by atoms with van der Waals surface area (Å²) in [7, 11) is 2.82. The van der Waals surface area contributed by atoms with Crippen molar-refractivity contribution in [3.05, 3.63) is 0 Å². The van der Waals surface area contributed by atoms with Crippen LogP contribution in [0.4, 0.5) is 0 Å². The maximum absolute atomic E-state index is 11.6. The molecule has 1 aromatic rings. The second-order valence-corrected chi connectivity index (χ2v) is 3.64. The second kappa shape index (κ2) is 4.94. The van der Waals surface area contributed by atoms with Crippen LogP contribution < -0.4 is 14.2 Å². The number of hydrogen-bond acceptors (Lipinski definition) is 7. The highest BCUT2D eigenvalue weighted by Gasteiger charge is 2.28. The molecule has 1 fully saturated rings. The molecule has 0 atom stereocenters. The number of rotatable bonds is 4. The zero-order valence-corrected chi connectivity index (χ0v) is 9.67. The molecule has 1 aromatic heterocycles. The van der Waals surface area contributed by atoms with Crippen molar-refractivity contribution in [1.29, 1.82) is 0 Å². The van der Waals surface area contributed by atoms with Crippen LogP contribution in [0.15, 0.2) is 0 Å². The fourth-order valence-electron chi connectivity index (χ4n) is 1.37. The molecule has 17 heavy (non-hydrogen) atoms. The Bertz CT molecular complexity index is 398. The van der Waals surface area contributed by atoms with Crippen molar-refractivity contribution in [1.82, 2.24) is 15.0 Å². The van der Waals surface area contributed by atoms with Crippen molar-refractivity contribution in [2.45, 2.75) is 19.3 Å². The minimum absolute atomic E-state index is 0.0382. The largest absolute Gasteiger partial charge is 0.467 e. The van der Waals surface area contributed by atoms with Crippen LogP contribution in [0.2, 0.25) is 0 Å². The Morgan fingerprint density at radius 3 is 2.00 bits per heavy atom. The summed E-state index contributed by atoms with van der Waals surface area (Å²) < 4.78 is 14.7. The zero-order chi connectivity index (χ0) is 12.3. The first-order chi connectivity index (χ1) is 8.22. The Morgan fingerprint density at radius 2 is 1.59 bits per heavy atom. The number of methoxy groups -OCH3 is 2. The van der Waals surface area contributed by atoms with Gasteiger partial charge in [0.25, 0.3) is 0 Å². The van der Waals surface area contributed by atoms with Gasteiger partial charge < -0.3 is 14.2 Å². The number of ether oxygens (including phenoxy) is 3. The smallest absolute Gasteiger partial charge is 0.333 e. The summed E-state index contributed by atoms with van der Waals surface area (Å²) in [6.45, 7) is 0. The quantitative estimate of drug-likeness (QED) is 0.711. The van der Waals surface area contributed by atoms with Crippen molar-refractivity contribution < 1.29 is 19.0 Å². The standard InChI is InChI=1S/C10H13N3O4/c1-15-8-11-9(16-2)13-10(12-8)17-7(14)6-4-3-5-6/h6H,3-5H2,1-2H3. The molecule has 1 aliphatic rings. The molecule has 0 saturated heterocycles. The van der Waals surface area contributed by atoms with Crippen LogP contribution in [0, 0.1) is 5.92 Å². The van der Waals surface area contributed by atoms with Crippen LogP contribution in [-0.2, 0) is 4.79 Å². The highest BCUT2D eigenvalue weighted by Crippen LogP contribution is 2.27. The van der Waals surface area contributed by atoms with Gasteiger partial charge >= 0.3 is 24.0 Å². The van der Waals surface area contributed by atoms with Gasteiger partial charge in [-0.3, -0.25) is 4.79 Å². The Morgan fingerprint density at radius 1 is 1.06 bits per heavy atom. The van der Waals surface area contributed by atoms with E-state index in [9.17, 15) is 4.79 Å². The lowest BCUT2D eigenvalue weighted by Gasteiger charge is -2.22. The molecule has 0 unspecified atom stereocenters. The number of aromatic nitrogens is 3. The van der Waals surface area contributed by atoms with Crippen molar-refractivity contribution in [2.24, 2.45) is 5.92 Å². The lowest BCUT2D eigenvalue weighted by molar-refractivity contribution is -0.142. The fourth-order valence-corrected chi connectivity index (χ4v) is 1.37. The van der Waals surface area contributed by atoms with E-state index in [1.165, 1.54) is 14.2 Å². The van der Waals surface area contributed by atoms with E-state index in [1.54, 1.807) is 0 Å². The van der Waals surface area contributed by atoms with Crippen LogP contribution in [0.5, 0.6) is 18.0 Å². The highest BCUT2D eigenvalue weighted by molar-refractivity contribution is 5.75. The van der Waals surface area contributed by atoms with Gasteiger partial charge in [0.05, 0.1) is 20.1 Å². The van der Waals surface area contributed by atoms with E-state index in [4.69, 9.17) is 14.2 Å². The molecule has 0 N–H and O–H groups in total. The second-order valence-electron chi connectivity index (χ2n) is 3.64. The maximum atomic E-state index is 11.6. The molecule has 0 radical (unpaired) electrons. The molecule has 2 rings (SSSR count). The Kier molecular flexibility index (Phi) is 3.36. The molecule has 0 aromatic carbocycles. The predicted octanol–water partition coefficient (Wildman–Crippen LogP) is 0.594. The average Bonchev–Trinajstić information content (AvgIpc) is 2.25. The molecule has 92 valence electrons. The minimum Gasteiger partial charge on any atom is -0.467 e. The van der Waals surface area contributed by atoms with Crippen LogP contribution >= 0.6 is 0 Å². The van der Waals surface area contributed by atoms with E-state index in [-0.39, 0.29) is 29.9 Å². The number of nitrogens with zero attached hydrogens (tertiary/aromatic N) is 3. The summed E-state index contributed by atoms with van der Waals surface area (Å²) >= 11 is 0. The average molecular weight is 239 g/mol. The number of hydrogen-bond donors (Lipinski definition) is 0. The number of carbonyl (C=O) groups is 1. The SMILES string of the molecule is COc1nc(OC)nc(OC(=O)C2CCC2)n1. The summed E-state index contributed by atoms with van der Waals surface area (Å²) in [6.07, 6.45) is 2.78. The van der Waals surface area contributed by atoms with E-state index in [0.29, 0.717) is 0 Å². The van der Waals surface area contributed by atoms with Gasteiger partial charge in [-0.2, -0.15) is 0 Å². The zero-order valence-electron chi connectivity index (χ0n) is 9.67. The van der Waals surface area contributed by atoms with Crippen LogP contribution in [0.1, 0.15) is 19.3 Å². The molecule has 1 heterocycles. The molecule has 0 bridgehead atoms. The molecule has 0 aliphatic heterocycles. The summed E-state index contributed by atoms with van der Waals surface area (Å²) in [5.41, 5.74) is 0. The maximum Gasteiger partial charge on any atom is 0.333 e. The lowest BCUT2D eigenvalue weighted by Crippen LogP contribution is -2.27. The monoisotopic (exact) mass is 239 g/mol. The minimum atomic E-state index is -0.313. The Labute approximate surface area is 98.1 Å². The molecule has 1 aliphatic carbocycles. The highest BCUT2D eigenvalue weighted by atomic mass is 16.6. The summed E-state index contributed by atoms with van der Waals surface area (Å²) in [5, 5.41) is 0. The first-order valence-electron chi connectivity index (χ1n) is 5.28. The molecule has 7 nitrogen and oxygen atoms in total. The van der Waals surface area contributed by atoms with E-state index in [2.05, 4.69) is 15.0 Å². The van der Waals surface area contributed by atoms with E-state index in [0.717, 1.165) is 19.3 Å². The van der Waals surface area contributed by atoms with Gasteiger partial charge in [-0.1, -0.05) is 6.42 Å². The third kappa shape index (κ3) is 2.61. The van der Waals surface area contributed by atoms with Crippen LogP contribution in [0.3, 0.4) is 0 Å². The third-order valence-electron chi connectivity index (χ3n) is 2.57. The van der Waals surface area contributed by atoms with Gasteiger partial charge in [0.1, 0.15) is 0 Å².